The Labute approximate surface area is 180 Å². The quantitative estimate of drug-likeness (QED) is 0.603. The Balaban J connectivity index is 1.59. The molecule has 0 aliphatic carbocycles. The Kier molecular flexibility index (Phi) is 4.71. The molecule has 2 heterocycles. The van der Waals surface area contributed by atoms with Gasteiger partial charge in [-0.25, -0.2) is 9.96 Å². The topological polar surface area (TPSA) is 59.1 Å². The first-order valence-corrected chi connectivity index (χ1v) is 10.2. The summed E-state index contributed by atoms with van der Waals surface area (Å²) in [5.41, 5.74) is 3.14. The first-order valence-electron chi connectivity index (χ1n) is 10.2. The maximum absolute atomic E-state index is 13.6. The van der Waals surface area contributed by atoms with Crippen LogP contribution >= 0.6 is 0 Å². The monoisotopic (exact) mass is 414 g/mol. The number of rotatable bonds is 4. The van der Waals surface area contributed by atoms with Gasteiger partial charge >= 0.3 is 0 Å². The molecule has 31 heavy (non-hydrogen) atoms. The van der Waals surface area contributed by atoms with E-state index in [2.05, 4.69) is 0 Å². The lowest BCUT2D eigenvalue weighted by molar-refractivity contribution is -0.126. The molecule has 0 radical (unpaired) electrons. The minimum Gasteiger partial charge on any atom is -0.497 e. The lowest BCUT2D eigenvalue weighted by atomic mass is 9.90. The van der Waals surface area contributed by atoms with Gasteiger partial charge < -0.3 is 4.74 Å². The minimum absolute atomic E-state index is 0.247. The number of fused-ring (bicyclic) bond motifs is 1. The molecule has 0 aromatic heterocycles. The molecule has 5 rings (SSSR count). The van der Waals surface area contributed by atoms with Crippen LogP contribution in [0.3, 0.4) is 0 Å². The fraction of sp³-hybridized carbons (Fsp3) is 0.200. The molecular weight excluding hydrogens is 392 g/mol. The van der Waals surface area contributed by atoms with Gasteiger partial charge in [0.2, 0.25) is 5.91 Å². The van der Waals surface area contributed by atoms with E-state index in [0.717, 1.165) is 22.6 Å². The third kappa shape index (κ3) is 3.07. The highest BCUT2D eigenvalue weighted by Crippen LogP contribution is 2.48. The van der Waals surface area contributed by atoms with Crippen molar-refractivity contribution >= 4 is 23.2 Å². The first kappa shape index (κ1) is 19.3. The third-order valence-electron chi connectivity index (χ3n) is 5.94. The van der Waals surface area contributed by atoms with Crippen molar-refractivity contribution in [2.45, 2.75) is 19.1 Å². The van der Waals surface area contributed by atoms with Gasteiger partial charge in [0.1, 0.15) is 11.7 Å². The number of anilines is 2. The molecule has 0 spiro atoms. The van der Waals surface area contributed by atoms with E-state index in [1.54, 1.807) is 18.2 Å². The molecule has 2 amide bonds. The number of hydroxylamine groups is 1. The van der Waals surface area contributed by atoms with E-state index in [1.807, 2.05) is 79.7 Å². The van der Waals surface area contributed by atoms with Gasteiger partial charge in [-0.1, -0.05) is 48.5 Å². The van der Waals surface area contributed by atoms with Gasteiger partial charge in [-0.15, -0.1) is 0 Å². The second kappa shape index (κ2) is 7.56. The summed E-state index contributed by atoms with van der Waals surface area (Å²) < 4.78 is 5.28. The van der Waals surface area contributed by atoms with Crippen molar-refractivity contribution in [1.82, 2.24) is 0 Å². The van der Waals surface area contributed by atoms with E-state index in [0.29, 0.717) is 5.69 Å². The number of nitrogens with zero attached hydrogens (tertiary/aromatic N) is 2. The van der Waals surface area contributed by atoms with E-state index in [-0.39, 0.29) is 11.8 Å². The van der Waals surface area contributed by atoms with Crippen molar-refractivity contribution in [1.29, 1.82) is 0 Å². The average molecular weight is 414 g/mol. The number of carbonyl (C=O) groups is 2. The molecule has 2 aliphatic rings. The summed E-state index contributed by atoms with van der Waals surface area (Å²) in [6.45, 7) is 1.89. The van der Waals surface area contributed by atoms with Crippen molar-refractivity contribution in [2.75, 3.05) is 17.1 Å². The van der Waals surface area contributed by atoms with Crippen LogP contribution in [0.5, 0.6) is 5.75 Å². The van der Waals surface area contributed by atoms with E-state index in [9.17, 15) is 9.59 Å². The number of benzene rings is 3. The number of imide groups is 1. The molecule has 3 aromatic rings. The van der Waals surface area contributed by atoms with Gasteiger partial charge in [-0.2, -0.15) is 0 Å². The van der Waals surface area contributed by atoms with Gasteiger partial charge in [0.15, 0.2) is 6.10 Å². The van der Waals surface area contributed by atoms with Crippen LogP contribution in [-0.4, -0.2) is 25.0 Å². The number of ether oxygens (including phenoxy) is 1. The number of methoxy groups -OCH3 is 1. The van der Waals surface area contributed by atoms with E-state index in [1.165, 1.54) is 4.90 Å². The third-order valence-corrected chi connectivity index (χ3v) is 5.94. The standard InChI is InChI=1S/C25H22N2O4/c1-16-8-6-7-11-20(16)26-24(28)21-22(17-12-14-19(30-2)15-13-17)27(31-23(21)25(26)29)18-9-4-3-5-10-18/h3-15,21-23H,1-2H3/t21-,22+,23+/m1/s1. The van der Waals surface area contributed by atoms with E-state index >= 15 is 0 Å². The second-order valence-corrected chi connectivity index (χ2v) is 7.73. The molecule has 2 saturated heterocycles. The predicted octanol–water partition coefficient (Wildman–Crippen LogP) is 4.05. The SMILES string of the molecule is COc1ccc([C@H]2[C@H]3C(=O)N(c4ccccc4C)C(=O)[C@H]3ON2c2ccccc2)cc1. The fourth-order valence-corrected chi connectivity index (χ4v) is 4.41. The van der Waals surface area contributed by atoms with Crippen LogP contribution in [-0.2, 0) is 14.4 Å². The number of carbonyl (C=O) groups excluding carboxylic acids is 2. The van der Waals surface area contributed by atoms with Crippen LogP contribution < -0.4 is 14.7 Å². The molecule has 3 atom stereocenters. The minimum atomic E-state index is -0.876. The van der Waals surface area contributed by atoms with Crippen molar-refractivity contribution < 1.29 is 19.2 Å². The van der Waals surface area contributed by atoms with Crippen LogP contribution in [0.15, 0.2) is 78.9 Å². The van der Waals surface area contributed by atoms with Crippen LogP contribution in [0, 0.1) is 12.8 Å². The molecule has 0 N–H and O–H groups in total. The Morgan fingerprint density at radius 2 is 1.52 bits per heavy atom. The molecule has 0 bridgehead atoms. The summed E-state index contributed by atoms with van der Waals surface area (Å²) in [5.74, 6) is -0.508. The Hall–Kier alpha value is -3.64. The number of amides is 2. The van der Waals surface area contributed by atoms with E-state index in [4.69, 9.17) is 9.57 Å². The summed E-state index contributed by atoms with van der Waals surface area (Å²) >= 11 is 0. The Bertz CT molecular complexity index is 1130. The summed E-state index contributed by atoms with van der Waals surface area (Å²) in [6.07, 6.45) is -0.876. The zero-order valence-electron chi connectivity index (χ0n) is 17.3. The van der Waals surface area contributed by atoms with Gasteiger partial charge in [0, 0.05) is 0 Å². The maximum atomic E-state index is 13.6. The van der Waals surface area contributed by atoms with Crippen LogP contribution in [0.4, 0.5) is 11.4 Å². The largest absolute Gasteiger partial charge is 0.497 e. The van der Waals surface area contributed by atoms with Crippen LogP contribution in [0.25, 0.3) is 0 Å². The molecule has 0 saturated carbocycles. The van der Waals surface area contributed by atoms with Gasteiger partial charge in [-0.05, 0) is 48.4 Å². The zero-order valence-corrected chi connectivity index (χ0v) is 17.3. The summed E-state index contributed by atoms with van der Waals surface area (Å²) in [5, 5.41) is 1.70. The summed E-state index contributed by atoms with van der Waals surface area (Å²) in [7, 11) is 1.61. The molecule has 2 fully saturated rings. The molecule has 6 nitrogen and oxygen atoms in total. The molecular formula is C25H22N2O4. The number of hydrogen-bond donors (Lipinski definition) is 0. The highest BCUT2D eigenvalue weighted by Gasteiger charge is 2.60. The van der Waals surface area contributed by atoms with Crippen molar-refractivity contribution in [2.24, 2.45) is 5.92 Å². The van der Waals surface area contributed by atoms with Gasteiger partial charge in [-0.3, -0.25) is 14.4 Å². The van der Waals surface area contributed by atoms with Gasteiger partial charge in [0.05, 0.1) is 24.5 Å². The summed E-state index contributed by atoms with van der Waals surface area (Å²) in [6, 6.07) is 24.0. The summed E-state index contributed by atoms with van der Waals surface area (Å²) in [4.78, 5) is 34.4. The van der Waals surface area contributed by atoms with Crippen molar-refractivity contribution in [3.63, 3.8) is 0 Å². The first-order chi connectivity index (χ1) is 15.1. The smallest absolute Gasteiger partial charge is 0.266 e. The molecule has 156 valence electrons. The highest BCUT2D eigenvalue weighted by atomic mass is 16.7. The normalized spacial score (nSPS) is 22.7. The molecule has 3 aromatic carbocycles. The predicted molar refractivity (Wildman–Crippen MR) is 117 cm³/mol. The molecule has 6 heteroatoms. The second-order valence-electron chi connectivity index (χ2n) is 7.73. The zero-order chi connectivity index (χ0) is 21.5. The number of hydrogen-bond acceptors (Lipinski definition) is 5. The molecule has 0 unspecified atom stereocenters. The Morgan fingerprint density at radius 3 is 2.19 bits per heavy atom. The molecule has 2 aliphatic heterocycles. The number of aryl methyl sites for hydroxylation is 1. The average Bonchev–Trinajstić information content (AvgIpc) is 3.31. The maximum Gasteiger partial charge on any atom is 0.266 e. The van der Waals surface area contributed by atoms with Crippen molar-refractivity contribution in [3.05, 3.63) is 90.0 Å². The van der Waals surface area contributed by atoms with Crippen molar-refractivity contribution in [3.8, 4) is 5.75 Å². The Morgan fingerprint density at radius 1 is 0.839 bits per heavy atom. The lowest BCUT2D eigenvalue weighted by Gasteiger charge is -2.29. The van der Waals surface area contributed by atoms with Crippen LogP contribution in [0.2, 0.25) is 0 Å². The van der Waals surface area contributed by atoms with E-state index < -0.39 is 18.1 Å². The lowest BCUT2D eigenvalue weighted by Crippen LogP contribution is -2.37. The van der Waals surface area contributed by atoms with Gasteiger partial charge in [0.25, 0.3) is 5.91 Å². The number of para-hydroxylation sites is 2. The fourth-order valence-electron chi connectivity index (χ4n) is 4.41. The van der Waals surface area contributed by atoms with Crippen LogP contribution in [0.1, 0.15) is 17.2 Å². The highest BCUT2D eigenvalue weighted by molar-refractivity contribution is 6.24.